The quantitative estimate of drug-likeness (QED) is 0.586. The van der Waals surface area contributed by atoms with Crippen molar-refractivity contribution < 1.29 is 0 Å². The van der Waals surface area contributed by atoms with Gasteiger partial charge in [0.15, 0.2) is 0 Å². The van der Waals surface area contributed by atoms with Gasteiger partial charge in [0.25, 0.3) is 0 Å². The van der Waals surface area contributed by atoms with Gasteiger partial charge in [-0.15, -0.1) is 0 Å². The molecule has 0 bridgehead atoms. The summed E-state index contributed by atoms with van der Waals surface area (Å²) in [6, 6.07) is 0. The number of aromatic nitrogens is 2. The minimum Gasteiger partial charge on any atom is -0.228 e. The molecule has 0 atom stereocenters. The van der Waals surface area contributed by atoms with Gasteiger partial charge in [0, 0.05) is 24.1 Å². The van der Waals surface area contributed by atoms with Crippen molar-refractivity contribution >= 4 is 31.9 Å². The Hall–Kier alpha value is -0.400. The van der Waals surface area contributed by atoms with Gasteiger partial charge in [0.1, 0.15) is 0 Å². The van der Waals surface area contributed by atoms with Crippen LogP contribution in [0.25, 0.3) is 0 Å². The lowest BCUT2D eigenvalue weighted by molar-refractivity contribution is 1.11. The van der Waals surface area contributed by atoms with E-state index in [1.165, 1.54) is 0 Å². The topological polar surface area (TPSA) is 25.8 Å². The molecule has 1 heterocycles. The van der Waals surface area contributed by atoms with Crippen molar-refractivity contribution in [2.75, 3.05) is 5.33 Å². The van der Waals surface area contributed by atoms with E-state index < -0.39 is 0 Å². The minimum atomic E-state index is 0.569. The van der Waals surface area contributed by atoms with E-state index in [0.29, 0.717) is 5.82 Å². The number of rotatable bonds is 1. The van der Waals surface area contributed by atoms with Crippen LogP contribution in [0.1, 0.15) is 12.2 Å². The van der Waals surface area contributed by atoms with Crippen LogP contribution in [0.4, 0.5) is 0 Å². The molecule has 1 aromatic heterocycles. The molecule has 62 valence electrons. The maximum Gasteiger partial charge on any atom is 0.204 e. The van der Waals surface area contributed by atoms with Crippen molar-refractivity contribution in [3.8, 4) is 11.8 Å². The Bertz CT molecular complexity index is 297. The second-order valence-electron chi connectivity index (χ2n) is 1.97. The molecule has 1 rings (SSSR count). The Morgan fingerprint density at radius 1 is 1.33 bits per heavy atom. The number of hydrogen-bond acceptors (Lipinski definition) is 2. The molecule has 0 aromatic carbocycles. The number of nitrogens with zero attached hydrogens (tertiary/aromatic N) is 2. The van der Waals surface area contributed by atoms with Crippen molar-refractivity contribution in [1.82, 2.24) is 9.97 Å². The molecule has 0 fully saturated rings. The van der Waals surface area contributed by atoms with E-state index in [9.17, 15) is 0 Å². The van der Waals surface area contributed by atoms with Gasteiger partial charge in [-0.25, -0.2) is 9.97 Å². The van der Waals surface area contributed by atoms with Crippen LogP contribution < -0.4 is 0 Å². The molecule has 4 heteroatoms. The van der Waals surface area contributed by atoms with E-state index in [4.69, 9.17) is 0 Å². The maximum absolute atomic E-state index is 4.00. The van der Waals surface area contributed by atoms with Crippen LogP contribution in [0.5, 0.6) is 0 Å². The first kappa shape index (κ1) is 9.69. The Kier molecular flexibility index (Phi) is 4.26. The summed E-state index contributed by atoms with van der Waals surface area (Å²) in [4.78, 5) is 8.01. The molecule has 0 N–H and O–H groups in total. The van der Waals surface area contributed by atoms with Crippen LogP contribution in [-0.2, 0) is 0 Å². The van der Waals surface area contributed by atoms with Crippen molar-refractivity contribution in [3.63, 3.8) is 0 Å². The second-order valence-corrected chi connectivity index (χ2v) is 3.67. The first-order chi connectivity index (χ1) is 5.83. The van der Waals surface area contributed by atoms with Gasteiger partial charge < -0.3 is 0 Å². The summed E-state index contributed by atoms with van der Waals surface area (Å²) in [5.74, 6) is 6.35. The van der Waals surface area contributed by atoms with Crippen molar-refractivity contribution in [2.24, 2.45) is 0 Å². The fourth-order valence-corrected chi connectivity index (χ4v) is 0.969. The van der Waals surface area contributed by atoms with Gasteiger partial charge in [-0.3, -0.25) is 0 Å². The Morgan fingerprint density at radius 3 is 2.58 bits per heavy atom. The van der Waals surface area contributed by atoms with E-state index in [2.05, 4.69) is 53.7 Å². The predicted octanol–water partition coefficient (Wildman–Crippen LogP) is 2.38. The molecule has 0 saturated carbocycles. The highest BCUT2D eigenvalue weighted by atomic mass is 79.9. The van der Waals surface area contributed by atoms with E-state index >= 15 is 0 Å². The summed E-state index contributed by atoms with van der Waals surface area (Å²) < 4.78 is 0.869. The molecule has 0 aliphatic heterocycles. The lowest BCUT2D eigenvalue weighted by Crippen LogP contribution is -1.86. The smallest absolute Gasteiger partial charge is 0.204 e. The molecule has 2 nitrogen and oxygen atoms in total. The summed E-state index contributed by atoms with van der Waals surface area (Å²) in [7, 11) is 0. The molecule has 12 heavy (non-hydrogen) atoms. The second kappa shape index (κ2) is 5.28. The Morgan fingerprint density at radius 2 is 2.00 bits per heavy atom. The highest BCUT2D eigenvalue weighted by Gasteiger charge is 1.88. The highest BCUT2D eigenvalue weighted by molar-refractivity contribution is 9.10. The summed E-state index contributed by atoms with van der Waals surface area (Å²) in [5, 5.41) is 0.885. The van der Waals surface area contributed by atoms with Crippen LogP contribution in [-0.4, -0.2) is 15.3 Å². The number of alkyl halides is 1. The molecule has 0 spiro atoms. The SMILES string of the molecule is BrCCC#Cc1ncc(Br)cn1. The van der Waals surface area contributed by atoms with Crippen LogP contribution in [0.2, 0.25) is 0 Å². The van der Waals surface area contributed by atoms with E-state index in [0.717, 1.165) is 16.2 Å². The molecule has 0 saturated heterocycles. The average Bonchev–Trinajstić information content (AvgIpc) is 2.09. The van der Waals surface area contributed by atoms with Crippen LogP contribution in [0.3, 0.4) is 0 Å². The first-order valence-electron chi connectivity index (χ1n) is 3.35. The third-order valence-electron chi connectivity index (χ3n) is 1.04. The summed E-state index contributed by atoms with van der Waals surface area (Å²) >= 11 is 6.53. The van der Waals surface area contributed by atoms with E-state index in [-0.39, 0.29) is 0 Å². The standard InChI is InChI=1S/C8H6Br2N2/c9-4-2-1-3-8-11-5-7(10)6-12-8/h5-6H,2,4H2. The summed E-state index contributed by atoms with van der Waals surface area (Å²) in [6.07, 6.45) is 4.19. The fraction of sp³-hybridized carbons (Fsp3) is 0.250. The molecule has 0 unspecified atom stereocenters. The first-order valence-corrected chi connectivity index (χ1v) is 5.27. The van der Waals surface area contributed by atoms with Crippen molar-refractivity contribution in [3.05, 3.63) is 22.7 Å². The largest absolute Gasteiger partial charge is 0.228 e. The summed E-state index contributed by atoms with van der Waals surface area (Å²) in [6.45, 7) is 0. The molecule has 0 amide bonds. The number of halogens is 2. The van der Waals surface area contributed by atoms with Crippen LogP contribution in [0, 0.1) is 11.8 Å². The van der Waals surface area contributed by atoms with Gasteiger partial charge in [-0.05, 0) is 21.9 Å². The zero-order valence-electron chi connectivity index (χ0n) is 6.22. The van der Waals surface area contributed by atoms with Crippen molar-refractivity contribution in [2.45, 2.75) is 6.42 Å². The lowest BCUT2D eigenvalue weighted by Gasteiger charge is -1.87. The summed E-state index contributed by atoms with van der Waals surface area (Å²) in [5.41, 5.74) is 0. The molecule has 0 aliphatic rings. The third kappa shape index (κ3) is 3.33. The van der Waals surface area contributed by atoms with Crippen molar-refractivity contribution in [1.29, 1.82) is 0 Å². The van der Waals surface area contributed by atoms with E-state index in [1.54, 1.807) is 12.4 Å². The lowest BCUT2D eigenvalue weighted by atomic mass is 10.4. The average molecular weight is 290 g/mol. The Balaban J connectivity index is 2.66. The van der Waals surface area contributed by atoms with Crippen LogP contribution in [0.15, 0.2) is 16.9 Å². The molecule has 1 aromatic rings. The van der Waals surface area contributed by atoms with E-state index in [1.807, 2.05) is 0 Å². The predicted molar refractivity (Wildman–Crippen MR) is 55.0 cm³/mol. The van der Waals surface area contributed by atoms with Gasteiger partial charge in [0.05, 0.1) is 4.47 Å². The molecule has 0 radical (unpaired) electrons. The van der Waals surface area contributed by atoms with Crippen LogP contribution >= 0.6 is 31.9 Å². The normalized spacial score (nSPS) is 8.83. The number of hydrogen-bond donors (Lipinski definition) is 0. The fourth-order valence-electron chi connectivity index (χ4n) is 0.566. The third-order valence-corrected chi connectivity index (χ3v) is 1.85. The molecule has 0 aliphatic carbocycles. The Labute approximate surface area is 88.1 Å². The van der Waals surface area contributed by atoms with Gasteiger partial charge >= 0.3 is 0 Å². The van der Waals surface area contributed by atoms with Gasteiger partial charge in [-0.2, -0.15) is 0 Å². The molecular weight excluding hydrogens is 284 g/mol. The minimum absolute atomic E-state index is 0.569. The van der Waals surface area contributed by atoms with Gasteiger partial charge in [-0.1, -0.05) is 21.9 Å². The molecular formula is C8H6Br2N2. The van der Waals surface area contributed by atoms with Gasteiger partial charge in [0.2, 0.25) is 5.82 Å². The monoisotopic (exact) mass is 288 g/mol. The zero-order valence-corrected chi connectivity index (χ0v) is 9.39. The maximum atomic E-state index is 4.00. The zero-order chi connectivity index (χ0) is 8.81. The highest BCUT2D eigenvalue weighted by Crippen LogP contribution is 2.03.